The highest BCUT2D eigenvalue weighted by atomic mass is 15.0. The van der Waals surface area contributed by atoms with Gasteiger partial charge >= 0.3 is 0 Å². The van der Waals surface area contributed by atoms with Gasteiger partial charge in [0.05, 0.1) is 22.1 Å². The number of benzene rings is 6. The van der Waals surface area contributed by atoms with Crippen LogP contribution in [0.15, 0.2) is 134 Å². The second-order valence-electron chi connectivity index (χ2n) is 11.8. The van der Waals surface area contributed by atoms with E-state index in [1.54, 1.807) is 0 Å². The third-order valence-electron chi connectivity index (χ3n) is 9.43. The van der Waals surface area contributed by atoms with Crippen LogP contribution in [0.5, 0.6) is 0 Å². The van der Waals surface area contributed by atoms with Crippen LogP contribution in [0.3, 0.4) is 0 Å². The summed E-state index contributed by atoms with van der Waals surface area (Å²) in [6.45, 7) is 0. The van der Waals surface area contributed by atoms with Gasteiger partial charge in [0.2, 0.25) is 0 Å². The van der Waals surface area contributed by atoms with E-state index < -0.39 is 0 Å². The van der Waals surface area contributed by atoms with Crippen molar-refractivity contribution in [1.82, 2.24) is 14.5 Å². The second-order valence-corrected chi connectivity index (χ2v) is 11.8. The van der Waals surface area contributed by atoms with E-state index in [4.69, 9.17) is 4.98 Å². The third-order valence-corrected chi connectivity index (χ3v) is 9.43. The monoisotopic (exact) mass is 559 g/mol. The number of hydrogen-bond donors (Lipinski definition) is 0. The summed E-state index contributed by atoms with van der Waals surface area (Å²) >= 11 is 0. The predicted octanol–water partition coefficient (Wildman–Crippen LogP) is 10.4. The number of aromatic nitrogens is 3. The van der Waals surface area contributed by atoms with Gasteiger partial charge in [0, 0.05) is 39.6 Å². The highest BCUT2D eigenvalue weighted by Gasteiger charge is 2.20. The Morgan fingerprint density at radius 3 is 2.32 bits per heavy atom. The summed E-state index contributed by atoms with van der Waals surface area (Å²) in [5.74, 6) is 0. The number of allylic oxidation sites excluding steroid dienone is 1. The lowest BCUT2D eigenvalue weighted by Crippen LogP contribution is -1.97. The van der Waals surface area contributed by atoms with E-state index in [1.807, 2.05) is 24.5 Å². The van der Waals surface area contributed by atoms with Gasteiger partial charge in [-0.2, -0.15) is 0 Å². The van der Waals surface area contributed by atoms with Crippen LogP contribution in [0, 0.1) is 0 Å². The maximum Gasteiger partial charge on any atom is 0.0970 e. The number of para-hydroxylation sites is 1. The van der Waals surface area contributed by atoms with Crippen LogP contribution in [0.25, 0.3) is 88.0 Å². The summed E-state index contributed by atoms with van der Waals surface area (Å²) in [5.41, 5.74) is 10.7. The molecule has 3 heterocycles. The van der Waals surface area contributed by atoms with Crippen LogP contribution >= 0.6 is 0 Å². The molecule has 6 aromatic carbocycles. The molecule has 0 atom stereocenters. The Hall–Kier alpha value is -5.80. The fraction of sp³-hybridized carbons (Fsp3) is 0.0244. The number of hydrogen-bond acceptors (Lipinski definition) is 2. The first-order valence-electron chi connectivity index (χ1n) is 15.1. The highest BCUT2D eigenvalue weighted by molar-refractivity contribution is 6.18. The summed E-state index contributed by atoms with van der Waals surface area (Å²) in [7, 11) is 0. The average molecular weight is 560 g/mol. The van der Waals surface area contributed by atoms with Gasteiger partial charge in [0.25, 0.3) is 0 Å². The van der Waals surface area contributed by atoms with Gasteiger partial charge in [-0.15, -0.1) is 0 Å². The van der Waals surface area contributed by atoms with Crippen molar-refractivity contribution in [3.8, 4) is 16.8 Å². The minimum Gasteiger partial charge on any atom is -0.309 e. The molecule has 9 aromatic rings. The van der Waals surface area contributed by atoms with E-state index in [-0.39, 0.29) is 0 Å². The largest absolute Gasteiger partial charge is 0.309 e. The minimum atomic E-state index is 0.939. The first-order valence-corrected chi connectivity index (χ1v) is 15.1. The smallest absolute Gasteiger partial charge is 0.0970 e. The molecule has 0 amide bonds. The minimum absolute atomic E-state index is 0.939. The molecule has 0 saturated heterocycles. The molecule has 3 aromatic heterocycles. The molecular formula is C41H25N3. The second kappa shape index (κ2) is 8.85. The van der Waals surface area contributed by atoms with Crippen LogP contribution in [-0.2, 0) is 6.42 Å². The molecule has 0 unspecified atom stereocenters. The van der Waals surface area contributed by atoms with Crippen LogP contribution in [0.1, 0.15) is 11.1 Å². The molecule has 204 valence electrons. The van der Waals surface area contributed by atoms with Gasteiger partial charge in [0.15, 0.2) is 0 Å². The highest BCUT2D eigenvalue weighted by Crippen LogP contribution is 2.42. The van der Waals surface area contributed by atoms with Gasteiger partial charge in [-0.3, -0.25) is 9.97 Å². The van der Waals surface area contributed by atoms with Gasteiger partial charge in [-0.25, -0.2) is 0 Å². The zero-order chi connectivity index (χ0) is 28.8. The molecule has 1 aliphatic rings. The Labute approximate surface area is 253 Å². The van der Waals surface area contributed by atoms with Crippen molar-refractivity contribution >= 4 is 71.2 Å². The summed E-state index contributed by atoms with van der Waals surface area (Å²) in [6, 6.07) is 42.0. The van der Waals surface area contributed by atoms with Gasteiger partial charge in [0.1, 0.15) is 0 Å². The molecule has 0 fully saturated rings. The van der Waals surface area contributed by atoms with Crippen molar-refractivity contribution in [2.24, 2.45) is 0 Å². The molecular weight excluding hydrogens is 534 g/mol. The third kappa shape index (κ3) is 3.21. The first-order chi connectivity index (χ1) is 21.8. The summed E-state index contributed by atoms with van der Waals surface area (Å²) in [6.07, 6.45) is 9.23. The zero-order valence-corrected chi connectivity index (χ0v) is 23.8. The Morgan fingerprint density at radius 1 is 0.523 bits per heavy atom. The first kappa shape index (κ1) is 23.7. The Balaban J connectivity index is 1.25. The van der Waals surface area contributed by atoms with Gasteiger partial charge < -0.3 is 4.57 Å². The predicted molar refractivity (Wildman–Crippen MR) is 185 cm³/mol. The molecule has 3 nitrogen and oxygen atoms in total. The Morgan fingerprint density at radius 2 is 1.34 bits per heavy atom. The molecule has 0 spiro atoms. The molecule has 0 aliphatic heterocycles. The summed E-state index contributed by atoms with van der Waals surface area (Å²) in [5, 5.41) is 10.0. The van der Waals surface area contributed by atoms with E-state index in [0.29, 0.717) is 0 Å². The fourth-order valence-corrected chi connectivity index (χ4v) is 7.61. The molecule has 44 heavy (non-hydrogen) atoms. The van der Waals surface area contributed by atoms with E-state index in [0.717, 1.165) is 28.2 Å². The SMILES string of the molecule is C1=Cc2cccc3cc4c(c(c23)C1)c1ccccc1n4-c1ccc2c(-c3cc4cccnc4c4ncccc34)cccc2c1. The maximum atomic E-state index is 4.76. The van der Waals surface area contributed by atoms with Gasteiger partial charge in [-0.05, 0) is 92.7 Å². The van der Waals surface area contributed by atoms with E-state index >= 15 is 0 Å². The fourth-order valence-electron chi connectivity index (χ4n) is 7.61. The normalized spacial score (nSPS) is 12.8. The molecule has 0 radical (unpaired) electrons. The molecule has 0 saturated carbocycles. The summed E-state index contributed by atoms with van der Waals surface area (Å²) < 4.78 is 2.46. The maximum absolute atomic E-state index is 4.76. The van der Waals surface area contributed by atoms with Crippen LogP contribution in [0.4, 0.5) is 0 Å². The van der Waals surface area contributed by atoms with Crippen LogP contribution in [-0.4, -0.2) is 14.5 Å². The zero-order valence-electron chi connectivity index (χ0n) is 23.8. The van der Waals surface area contributed by atoms with E-state index in [9.17, 15) is 0 Å². The van der Waals surface area contributed by atoms with Crippen molar-refractivity contribution < 1.29 is 0 Å². The Kier molecular flexibility index (Phi) is 4.77. The number of rotatable bonds is 2. The summed E-state index contributed by atoms with van der Waals surface area (Å²) in [4.78, 5) is 9.42. The van der Waals surface area contributed by atoms with Crippen molar-refractivity contribution in [3.05, 3.63) is 145 Å². The van der Waals surface area contributed by atoms with Crippen molar-refractivity contribution in [2.45, 2.75) is 6.42 Å². The van der Waals surface area contributed by atoms with Crippen LogP contribution in [0.2, 0.25) is 0 Å². The molecule has 0 N–H and O–H groups in total. The lowest BCUT2D eigenvalue weighted by atomic mass is 9.90. The Bertz CT molecular complexity index is 2690. The topological polar surface area (TPSA) is 30.7 Å². The van der Waals surface area contributed by atoms with E-state index in [1.165, 1.54) is 71.3 Å². The van der Waals surface area contributed by atoms with Gasteiger partial charge in [-0.1, -0.05) is 84.9 Å². The number of fused-ring (bicyclic) bond motifs is 8. The lowest BCUT2D eigenvalue weighted by molar-refractivity contribution is 1.18. The lowest BCUT2D eigenvalue weighted by Gasteiger charge is -2.16. The number of nitrogens with zero attached hydrogens (tertiary/aromatic N) is 3. The average Bonchev–Trinajstić information content (AvgIpc) is 3.42. The molecule has 1 aliphatic carbocycles. The number of pyridine rings is 2. The molecule has 0 bridgehead atoms. The van der Waals surface area contributed by atoms with Crippen molar-refractivity contribution in [2.75, 3.05) is 0 Å². The van der Waals surface area contributed by atoms with Crippen LogP contribution < -0.4 is 0 Å². The van der Waals surface area contributed by atoms with Crippen molar-refractivity contribution in [1.29, 1.82) is 0 Å². The standard InChI is InChI=1S/C41H25N3/c1-2-17-36-33(13-1)39-34-15-4-9-25-8-3-11-27(38(25)34)24-37(39)44(36)29-18-19-30-26(22-29)10-5-14-31(30)35-23-28-12-6-20-42-40(28)41-32(35)16-7-21-43-41/h1-14,16-24H,15H2. The molecule has 10 rings (SSSR count). The molecule has 3 heteroatoms. The quantitative estimate of drug-likeness (QED) is 0.197. The van der Waals surface area contributed by atoms with E-state index in [2.05, 4.69) is 125 Å². The van der Waals surface area contributed by atoms with Crippen molar-refractivity contribution in [3.63, 3.8) is 0 Å².